The van der Waals surface area contributed by atoms with Gasteiger partial charge in [0.2, 0.25) is 0 Å². The lowest BCUT2D eigenvalue weighted by atomic mass is 10.1. The molecule has 5 heteroatoms. The summed E-state index contributed by atoms with van der Waals surface area (Å²) < 4.78 is 1.70. The highest BCUT2D eigenvalue weighted by Gasteiger charge is 2.14. The molecule has 0 fully saturated rings. The van der Waals surface area contributed by atoms with E-state index >= 15 is 0 Å². The van der Waals surface area contributed by atoms with Gasteiger partial charge in [-0.2, -0.15) is 0 Å². The first-order chi connectivity index (χ1) is 13.7. The van der Waals surface area contributed by atoms with Crippen molar-refractivity contribution >= 4 is 34.3 Å². The summed E-state index contributed by atoms with van der Waals surface area (Å²) in [6.07, 6.45) is 0.958. The highest BCUT2D eigenvalue weighted by Crippen LogP contribution is 2.27. The van der Waals surface area contributed by atoms with Crippen LogP contribution >= 0.6 is 23.4 Å². The van der Waals surface area contributed by atoms with Gasteiger partial charge in [-0.25, -0.2) is 4.98 Å². The molecule has 0 spiro atoms. The van der Waals surface area contributed by atoms with E-state index in [-0.39, 0.29) is 5.56 Å². The second-order valence-electron chi connectivity index (χ2n) is 6.45. The number of benzene rings is 3. The lowest BCUT2D eigenvalue weighted by Crippen LogP contribution is -2.21. The number of para-hydroxylation sites is 1. The average Bonchev–Trinajstić information content (AvgIpc) is 2.73. The minimum absolute atomic E-state index is 0.0588. The number of rotatable bonds is 5. The third-order valence-electron chi connectivity index (χ3n) is 4.66. The zero-order valence-electron chi connectivity index (χ0n) is 15.4. The number of halogens is 1. The predicted molar refractivity (Wildman–Crippen MR) is 118 cm³/mol. The Kier molecular flexibility index (Phi) is 5.51. The second kappa shape index (κ2) is 8.21. The minimum atomic E-state index is -0.0588. The van der Waals surface area contributed by atoms with E-state index in [9.17, 15) is 4.79 Å². The molecule has 0 bridgehead atoms. The summed E-state index contributed by atoms with van der Waals surface area (Å²) in [4.78, 5) is 18.0. The Morgan fingerprint density at radius 1 is 0.964 bits per heavy atom. The molecular weight excluding hydrogens is 388 g/mol. The van der Waals surface area contributed by atoms with Gasteiger partial charge in [0.05, 0.1) is 16.6 Å². The van der Waals surface area contributed by atoms with E-state index in [1.54, 1.807) is 4.57 Å². The molecule has 0 aliphatic carbocycles. The Morgan fingerprint density at radius 3 is 2.43 bits per heavy atom. The number of aromatic nitrogens is 2. The minimum Gasteiger partial charge on any atom is -0.268 e. The van der Waals surface area contributed by atoms with E-state index in [0.29, 0.717) is 21.8 Å². The normalized spacial score (nSPS) is 11.1. The topological polar surface area (TPSA) is 34.9 Å². The van der Waals surface area contributed by atoms with Gasteiger partial charge in [0.15, 0.2) is 5.16 Å². The van der Waals surface area contributed by atoms with Crippen LogP contribution in [0.3, 0.4) is 0 Å². The molecule has 0 radical (unpaired) electrons. The van der Waals surface area contributed by atoms with E-state index in [0.717, 1.165) is 22.7 Å². The van der Waals surface area contributed by atoms with Crippen molar-refractivity contribution in [3.63, 3.8) is 0 Å². The van der Waals surface area contributed by atoms with Crippen molar-refractivity contribution in [1.82, 2.24) is 9.55 Å². The van der Waals surface area contributed by atoms with Crippen molar-refractivity contribution in [3.8, 4) is 5.69 Å². The highest BCUT2D eigenvalue weighted by molar-refractivity contribution is 7.98. The molecule has 0 N–H and O–H groups in total. The monoisotopic (exact) mass is 406 g/mol. The molecule has 0 aliphatic rings. The number of fused-ring (bicyclic) bond motifs is 1. The summed E-state index contributed by atoms with van der Waals surface area (Å²) in [7, 11) is 0. The summed E-state index contributed by atoms with van der Waals surface area (Å²) in [5.74, 6) is 0.636. The van der Waals surface area contributed by atoms with Gasteiger partial charge in [0.1, 0.15) is 0 Å². The molecule has 1 aromatic heterocycles. The average molecular weight is 407 g/mol. The van der Waals surface area contributed by atoms with Gasteiger partial charge >= 0.3 is 0 Å². The quantitative estimate of drug-likeness (QED) is 0.306. The summed E-state index contributed by atoms with van der Waals surface area (Å²) in [6, 6.07) is 23.3. The van der Waals surface area contributed by atoms with Crippen molar-refractivity contribution < 1.29 is 0 Å². The standard InChI is InChI=1S/C23H19ClN2OS/c1-2-16-11-13-18(14-12-16)26-22(27)19-8-4-6-10-21(19)25-23(26)28-15-17-7-3-5-9-20(17)24/h3-14H,2,15H2,1H3. The summed E-state index contributed by atoms with van der Waals surface area (Å²) in [6.45, 7) is 2.11. The van der Waals surface area contributed by atoms with E-state index in [2.05, 4.69) is 19.1 Å². The zero-order chi connectivity index (χ0) is 19.5. The molecule has 0 unspecified atom stereocenters. The maximum Gasteiger partial charge on any atom is 0.266 e. The molecule has 0 amide bonds. The van der Waals surface area contributed by atoms with Crippen LogP contribution in [0, 0.1) is 0 Å². The molecule has 1 heterocycles. The number of aryl methyl sites for hydroxylation is 1. The van der Waals surface area contributed by atoms with Gasteiger partial charge in [-0.15, -0.1) is 0 Å². The molecule has 3 aromatic carbocycles. The predicted octanol–water partition coefficient (Wildman–Crippen LogP) is 5.89. The lowest BCUT2D eigenvalue weighted by molar-refractivity contribution is 0.819. The van der Waals surface area contributed by atoms with Crippen molar-refractivity contribution in [1.29, 1.82) is 0 Å². The largest absolute Gasteiger partial charge is 0.268 e. The first kappa shape index (κ1) is 18.8. The van der Waals surface area contributed by atoms with Gasteiger partial charge < -0.3 is 0 Å². The molecule has 0 atom stereocenters. The van der Waals surface area contributed by atoms with Crippen LogP contribution in [0.15, 0.2) is 82.7 Å². The van der Waals surface area contributed by atoms with E-state index in [4.69, 9.17) is 16.6 Å². The third-order valence-corrected chi connectivity index (χ3v) is 6.02. The van der Waals surface area contributed by atoms with E-state index < -0.39 is 0 Å². The molecule has 0 saturated carbocycles. The molecule has 140 valence electrons. The zero-order valence-corrected chi connectivity index (χ0v) is 17.0. The van der Waals surface area contributed by atoms with Gasteiger partial charge in [0.25, 0.3) is 5.56 Å². The van der Waals surface area contributed by atoms with Gasteiger partial charge in [-0.3, -0.25) is 9.36 Å². The second-order valence-corrected chi connectivity index (χ2v) is 7.80. The number of hydrogen-bond acceptors (Lipinski definition) is 3. The molecule has 0 aliphatic heterocycles. The van der Waals surface area contributed by atoms with Crippen molar-refractivity contribution in [3.05, 3.63) is 99.3 Å². The Balaban J connectivity index is 1.83. The fourth-order valence-corrected chi connectivity index (χ4v) is 4.37. The molecule has 3 nitrogen and oxygen atoms in total. The number of hydrogen-bond donors (Lipinski definition) is 0. The number of nitrogens with zero attached hydrogens (tertiary/aromatic N) is 2. The molecule has 4 rings (SSSR count). The van der Waals surface area contributed by atoms with Crippen LogP contribution in [0.2, 0.25) is 5.02 Å². The first-order valence-corrected chi connectivity index (χ1v) is 10.5. The fourth-order valence-electron chi connectivity index (χ4n) is 3.08. The van der Waals surface area contributed by atoms with Gasteiger partial charge in [-0.1, -0.05) is 72.8 Å². The van der Waals surface area contributed by atoms with Crippen molar-refractivity contribution in [2.24, 2.45) is 0 Å². The maximum atomic E-state index is 13.3. The van der Waals surface area contributed by atoms with E-state index in [1.807, 2.05) is 60.7 Å². The summed E-state index contributed by atoms with van der Waals surface area (Å²) in [5, 5.41) is 1.99. The van der Waals surface area contributed by atoms with Gasteiger partial charge in [0, 0.05) is 10.8 Å². The van der Waals surface area contributed by atoms with E-state index in [1.165, 1.54) is 17.3 Å². The van der Waals surface area contributed by atoms with Crippen molar-refractivity contribution in [2.75, 3.05) is 0 Å². The molecular formula is C23H19ClN2OS. The summed E-state index contributed by atoms with van der Waals surface area (Å²) in [5.41, 5.74) is 3.72. The molecule has 28 heavy (non-hydrogen) atoms. The third kappa shape index (κ3) is 3.71. The Bertz CT molecular complexity index is 1190. The van der Waals surface area contributed by atoms with Crippen LogP contribution in [0.4, 0.5) is 0 Å². The van der Waals surface area contributed by atoms with Crippen LogP contribution in [-0.4, -0.2) is 9.55 Å². The number of thioether (sulfide) groups is 1. The Morgan fingerprint density at radius 2 is 1.68 bits per heavy atom. The summed E-state index contributed by atoms with van der Waals surface area (Å²) >= 11 is 7.82. The van der Waals surface area contributed by atoms with Crippen LogP contribution < -0.4 is 5.56 Å². The van der Waals surface area contributed by atoms with Crippen LogP contribution in [0.5, 0.6) is 0 Å². The molecule has 0 saturated heterocycles. The highest BCUT2D eigenvalue weighted by atomic mass is 35.5. The molecule has 4 aromatic rings. The lowest BCUT2D eigenvalue weighted by Gasteiger charge is -2.14. The van der Waals surface area contributed by atoms with Crippen molar-refractivity contribution in [2.45, 2.75) is 24.3 Å². The Labute approximate surface area is 173 Å². The van der Waals surface area contributed by atoms with Crippen LogP contribution in [-0.2, 0) is 12.2 Å². The van der Waals surface area contributed by atoms with Crippen LogP contribution in [0.1, 0.15) is 18.1 Å². The fraction of sp³-hybridized carbons (Fsp3) is 0.130. The van der Waals surface area contributed by atoms with Gasteiger partial charge in [-0.05, 0) is 47.9 Å². The SMILES string of the molecule is CCc1ccc(-n2c(SCc3ccccc3Cl)nc3ccccc3c2=O)cc1. The maximum absolute atomic E-state index is 13.3. The smallest absolute Gasteiger partial charge is 0.266 e. The first-order valence-electron chi connectivity index (χ1n) is 9.14. The van der Waals surface area contributed by atoms with Crippen LogP contribution in [0.25, 0.3) is 16.6 Å². The Hall–Kier alpha value is -2.56.